The van der Waals surface area contributed by atoms with E-state index < -0.39 is 0 Å². The van der Waals surface area contributed by atoms with Gasteiger partial charge in [0.25, 0.3) is 0 Å². The molecular weight excluding hydrogens is 356 g/mol. The molecule has 1 aliphatic carbocycles. The summed E-state index contributed by atoms with van der Waals surface area (Å²) in [5.74, 6) is 0.838. The van der Waals surface area contributed by atoms with Crippen molar-refractivity contribution in [2.75, 3.05) is 18.4 Å². The molecular formula is C23H29ClN2O. The van der Waals surface area contributed by atoms with Gasteiger partial charge in [0.15, 0.2) is 0 Å². The van der Waals surface area contributed by atoms with Gasteiger partial charge in [0.05, 0.1) is 6.42 Å². The van der Waals surface area contributed by atoms with E-state index in [-0.39, 0.29) is 18.3 Å². The van der Waals surface area contributed by atoms with Crippen molar-refractivity contribution in [2.45, 2.75) is 44.9 Å². The zero-order chi connectivity index (χ0) is 17.8. The van der Waals surface area contributed by atoms with E-state index in [9.17, 15) is 4.79 Å². The molecule has 0 aromatic heterocycles. The number of fused-ring (bicyclic) bond motifs is 1. The molecule has 1 aliphatic heterocycles. The van der Waals surface area contributed by atoms with Gasteiger partial charge in [-0.05, 0) is 85.9 Å². The third-order valence-electron chi connectivity index (χ3n) is 5.74. The van der Waals surface area contributed by atoms with Crippen molar-refractivity contribution in [3.05, 3.63) is 64.7 Å². The summed E-state index contributed by atoms with van der Waals surface area (Å²) in [4.78, 5) is 12.5. The molecule has 1 saturated heterocycles. The molecule has 2 aliphatic rings. The zero-order valence-corrected chi connectivity index (χ0v) is 16.6. The first-order chi connectivity index (χ1) is 12.8. The Balaban J connectivity index is 0.00000210. The molecule has 1 amide bonds. The molecule has 4 heteroatoms. The summed E-state index contributed by atoms with van der Waals surface area (Å²) >= 11 is 0. The van der Waals surface area contributed by atoms with Gasteiger partial charge in [0.1, 0.15) is 0 Å². The van der Waals surface area contributed by atoms with Crippen molar-refractivity contribution in [2.24, 2.45) is 5.92 Å². The SMILES string of the molecule is Cl.O=C(Cc1ccc(CC2CCNC2)cc1)Nc1cccc2c1CCCC2. The van der Waals surface area contributed by atoms with Crippen LogP contribution in [0.15, 0.2) is 42.5 Å². The highest BCUT2D eigenvalue weighted by atomic mass is 35.5. The summed E-state index contributed by atoms with van der Waals surface area (Å²) < 4.78 is 0. The van der Waals surface area contributed by atoms with Crippen LogP contribution in [-0.4, -0.2) is 19.0 Å². The molecule has 1 fully saturated rings. The number of carbonyl (C=O) groups is 1. The second kappa shape index (κ2) is 9.38. The lowest BCUT2D eigenvalue weighted by atomic mass is 9.90. The average molecular weight is 385 g/mol. The van der Waals surface area contributed by atoms with Crippen molar-refractivity contribution in [1.82, 2.24) is 5.32 Å². The van der Waals surface area contributed by atoms with E-state index >= 15 is 0 Å². The number of benzene rings is 2. The lowest BCUT2D eigenvalue weighted by Crippen LogP contribution is -2.17. The number of carbonyl (C=O) groups excluding carboxylic acids is 1. The fourth-order valence-corrected chi connectivity index (χ4v) is 4.29. The molecule has 2 aromatic carbocycles. The molecule has 0 spiro atoms. The van der Waals surface area contributed by atoms with Crippen LogP contribution in [0.5, 0.6) is 0 Å². The van der Waals surface area contributed by atoms with E-state index in [2.05, 4.69) is 47.0 Å². The van der Waals surface area contributed by atoms with Crippen LogP contribution in [-0.2, 0) is 30.5 Å². The second-order valence-corrected chi connectivity index (χ2v) is 7.75. The lowest BCUT2D eigenvalue weighted by molar-refractivity contribution is -0.115. The standard InChI is InChI=1S/C23H28N2O.ClH/c26-23(25-22-7-3-5-20-4-1-2-6-21(20)22)15-18-10-8-17(9-11-18)14-19-12-13-24-16-19;/h3,5,7-11,19,24H,1-2,4,6,12-16H2,(H,25,26);1H. The van der Waals surface area contributed by atoms with Gasteiger partial charge in [-0.15, -0.1) is 12.4 Å². The maximum atomic E-state index is 12.5. The number of halogens is 1. The summed E-state index contributed by atoms with van der Waals surface area (Å²) in [5.41, 5.74) is 6.21. The summed E-state index contributed by atoms with van der Waals surface area (Å²) in [6.45, 7) is 2.28. The number of nitrogens with one attached hydrogen (secondary N) is 2. The molecule has 2 aromatic rings. The molecule has 0 radical (unpaired) electrons. The normalized spacial score (nSPS) is 18.4. The zero-order valence-electron chi connectivity index (χ0n) is 15.8. The minimum Gasteiger partial charge on any atom is -0.326 e. The Hall–Kier alpha value is -1.84. The van der Waals surface area contributed by atoms with E-state index in [1.165, 1.54) is 36.0 Å². The van der Waals surface area contributed by atoms with Crippen LogP contribution in [0.1, 0.15) is 41.5 Å². The Labute approximate surface area is 168 Å². The number of amides is 1. The van der Waals surface area contributed by atoms with Gasteiger partial charge >= 0.3 is 0 Å². The first-order valence-electron chi connectivity index (χ1n) is 9.97. The van der Waals surface area contributed by atoms with E-state index in [0.717, 1.165) is 49.5 Å². The molecule has 1 atom stereocenters. The molecule has 2 N–H and O–H groups in total. The topological polar surface area (TPSA) is 41.1 Å². The molecule has 27 heavy (non-hydrogen) atoms. The summed E-state index contributed by atoms with van der Waals surface area (Å²) in [6, 6.07) is 14.9. The highest BCUT2D eigenvalue weighted by molar-refractivity contribution is 5.93. The van der Waals surface area contributed by atoms with Crippen molar-refractivity contribution >= 4 is 24.0 Å². The third kappa shape index (κ3) is 5.12. The van der Waals surface area contributed by atoms with E-state index in [1.807, 2.05) is 6.07 Å². The lowest BCUT2D eigenvalue weighted by Gasteiger charge is -2.19. The molecule has 144 valence electrons. The van der Waals surface area contributed by atoms with E-state index in [4.69, 9.17) is 0 Å². The largest absolute Gasteiger partial charge is 0.326 e. The summed E-state index contributed by atoms with van der Waals surface area (Å²) in [7, 11) is 0. The van der Waals surface area contributed by atoms with Crippen molar-refractivity contribution in [3.63, 3.8) is 0 Å². The Kier molecular flexibility index (Phi) is 6.92. The second-order valence-electron chi connectivity index (χ2n) is 7.75. The fraction of sp³-hybridized carbons (Fsp3) is 0.435. The number of rotatable bonds is 5. The minimum atomic E-state index is 0. The first-order valence-corrected chi connectivity index (χ1v) is 9.97. The Morgan fingerprint density at radius 2 is 1.81 bits per heavy atom. The summed E-state index contributed by atoms with van der Waals surface area (Å²) in [6.07, 6.45) is 7.54. The van der Waals surface area contributed by atoms with Crippen LogP contribution in [0, 0.1) is 5.92 Å². The Morgan fingerprint density at radius 1 is 1.04 bits per heavy atom. The van der Waals surface area contributed by atoms with Crippen LogP contribution < -0.4 is 10.6 Å². The molecule has 0 saturated carbocycles. The molecule has 1 unspecified atom stereocenters. The van der Waals surface area contributed by atoms with Crippen molar-refractivity contribution in [1.29, 1.82) is 0 Å². The molecule has 1 heterocycles. The predicted molar refractivity (Wildman–Crippen MR) is 114 cm³/mol. The van der Waals surface area contributed by atoms with Crippen LogP contribution in [0.25, 0.3) is 0 Å². The minimum absolute atomic E-state index is 0. The highest BCUT2D eigenvalue weighted by Gasteiger charge is 2.16. The van der Waals surface area contributed by atoms with Crippen LogP contribution in [0.4, 0.5) is 5.69 Å². The monoisotopic (exact) mass is 384 g/mol. The first kappa shape index (κ1) is 19.9. The number of aryl methyl sites for hydroxylation is 1. The number of hydrogen-bond acceptors (Lipinski definition) is 2. The van der Waals surface area contributed by atoms with Gasteiger partial charge in [0.2, 0.25) is 5.91 Å². The highest BCUT2D eigenvalue weighted by Crippen LogP contribution is 2.28. The smallest absolute Gasteiger partial charge is 0.228 e. The number of anilines is 1. The Bertz CT molecular complexity index is 766. The van der Waals surface area contributed by atoms with Gasteiger partial charge in [-0.1, -0.05) is 36.4 Å². The molecule has 4 rings (SSSR count). The predicted octanol–water partition coefficient (Wildman–Crippen LogP) is 4.32. The molecule has 3 nitrogen and oxygen atoms in total. The van der Waals surface area contributed by atoms with Gasteiger partial charge < -0.3 is 10.6 Å². The Morgan fingerprint density at radius 3 is 2.59 bits per heavy atom. The van der Waals surface area contributed by atoms with Gasteiger partial charge in [-0.3, -0.25) is 4.79 Å². The van der Waals surface area contributed by atoms with Crippen LogP contribution in [0.2, 0.25) is 0 Å². The fourth-order valence-electron chi connectivity index (χ4n) is 4.29. The van der Waals surface area contributed by atoms with E-state index in [0.29, 0.717) is 6.42 Å². The summed E-state index contributed by atoms with van der Waals surface area (Å²) in [5, 5.41) is 6.57. The van der Waals surface area contributed by atoms with Crippen molar-refractivity contribution < 1.29 is 4.79 Å². The number of hydrogen-bond donors (Lipinski definition) is 2. The van der Waals surface area contributed by atoms with Crippen molar-refractivity contribution in [3.8, 4) is 0 Å². The third-order valence-corrected chi connectivity index (χ3v) is 5.74. The van der Waals surface area contributed by atoms with Gasteiger partial charge in [-0.25, -0.2) is 0 Å². The van der Waals surface area contributed by atoms with Gasteiger partial charge in [0, 0.05) is 5.69 Å². The molecule has 0 bridgehead atoms. The van der Waals surface area contributed by atoms with Gasteiger partial charge in [-0.2, -0.15) is 0 Å². The van der Waals surface area contributed by atoms with Crippen LogP contribution in [0.3, 0.4) is 0 Å². The quantitative estimate of drug-likeness (QED) is 0.805. The maximum Gasteiger partial charge on any atom is 0.228 e. The van der Waals surface area contributed by atoms with E-state index in [1.54, 1.807) is 0 Å². The maximum absolute atomic E-state index is 12.5. The van der Waals surface area contributed by atoms with Crippen LogP contribution >= 0.6 is 12.4 Å². The average Bonchev–Trinajstić information content (AvgIpc) is 3.17.